The Bertz CT molecular complexity index is 410. The summed E-state index contributed by atoms with van der Waals surface area (Å²) in [7, 11) is 0. The van der Waals surface area contributed by atoms with E-state index in [1.807, 2.05) is 0 Å². The van der Waals surface area contributed by atoms with Gasteiger partial charge in [0.1, 0.15) is 6.04 Å². The van der Waals surface area contributed by atoms with Crippen LogP contribution in [0.15, 0.2) is 23.4 Å². The lowest BCUT2D eigenvalue weighted by atomic mass is 10.1. The van der Waals surface area contributed by atoms with Crippen LogP contribution in [0.3, 0.4) is 0 Å². The molecule has 1 rings (SSSR count). The number of carboxylic acid groups (broad SMARTS) is 1. The number of pyridine rings is 1. The predicted molar refractivity (Wildman–Crippen MR) is 56.4 cm³/mol. The van der Waals surface area contributed by atoms with Crippen molar-refractivity contribution in [2.45, 2.75) is 19.0 Å². The molecule has 7 nitrogen and oxygen atoms in total. The molecule has 1 aromatic heterocycles. The highest BCUT2D eigenvalue weighted by atomic mass is 16.4. The smallest absolute Gasteiger partial charge is 0.320 e. The first-order chi connectivity index (χ1) is 7.63. The average Bonchev–Trinajstić information content (AvgIpc) is 2.28. The van der Waals surface area contributed by atoms with Gasteiger partial charge in [-0.25, -0.2) is 0 Å². The van der Waals surface area contributed by atoms with Crippen LogP contribution in [-0.4, -0.2) is 22.1 Å². The van der Waals surface area contributed by atoms with Gasteiger partial charge in [0.2, 0.25) is 0 Å². The molecule has 0 aliphatic rings. The average molecular weight is 221 g/mol. The van der Waals surface area contributed by atoms with E-state index in [0.717, 1.165) is 5.56 Å². The fraction of sp³-hybridized carbons (Fsp3) is 0.333. The maximum absolute atomic E-state index is 10.5. The van der Waals surface area contributed by atoms with Crippen LogP contribution < -0.4 is 5.73 Å². The van der Waals surface area contributed by atoms with Crippen LogP contribution in [-0.2, 0) is 17.8 Å². The molecule has 0 saturated heterocycles. The van der Waals surface area contributed by atoms with Crippen molar-refractivity contribution < 1.29 is 9.90 Å². The first-order valence-electron chi connectivity index (χ1n) is 4.56. The van der Waals surface area contributed by atoms with Gasteiger partial charge >= 0.3 is 5.97 Å². The molecule has 0 aromatic carbocycles. The van der Waals surface area contributed by atoms with E-state index in [1.165, 1.54) is 0 Å². The van der Waals surface area contributed by atoms with Crippen molar-refractivity contribution in [2.75, 3.05) is 0 Å². The van der Waals surface area contributed by atoms with Crippen molar-refractivity contribution >= 4 is 5.97 Å². The Hall–Kier alpha value is -2.11. The number of aromatic nitrogens is 1. The van der Waals surface area contributed by atoms with Crippen molar-refractivity contribution in [3.05, 3.63) is 40.0 Å². The van der Waals surface area contributed by atoms with E-state index in [4.69, 9.17) is 16.4 Å². The monoisotopic (exact) mass is 221 g/mol. The summed E-state index contributed by atoms with van der Waals surface area (Å²) >= 11 is 0. The van der Waals surface area contributed by atoms with Crippen molar-refractivity contribution in [2.24, 2.45) is 10.8 Å². The fourth-order valence-corrected chi connectivity index (χ4v) is 1.10. The van der Waals surface area contributed by atoms with Crippen molar-refractivity contribution in [3.8, 4) is 0 Å². The summed E-state index contributed by atoms with van der Waals surface area (Å²) in [6, 6.07) is 2.45. The van der Waals surface area contributed by atoms with E-state index in [1.54, 1.807) is 18.3 Å². The van der Waals surface area contributed by atoms with Crippen LogP contribution >= 0.6 is 0 Å². The topological polar surface area (TPSA) is 125 Å². The van der Waals surface area contributed by atoms with E-state index >= 15 is 0 Å². The van der Waals surface area contributed by atoms with Gasteiger partial charge < -0.3 is 10.8 Å². The molecule has 84 valence electrons. The van der Waals surface area contributed by atoms with Gasteiger partial charge in [-0.15, -0.1) is 0 Å². The molecule has 0 amide bonds. The quantitative estimate of drug-likeness (QED) is 0.434. The first kappa shape index (κ1) is 12.0. The molecule has 1 unspecified atom stereocenters. The Balaban J connectivity index is 2.64. The molecule has 0 aliphatic heterocycles. The zero-order chi connectivity index (χ0) is 12.0. The molecule has 0 spiro atoms. The second kappa shape index (κ2) is 5.69. The van der Waals surface area contributed by atoms with Gasteiger partial charge in [-0.1, -0.05) is 11.2 Å². The van der Waals surface area contributed by atoms with E-state index in [0.29, 0.717) is 5.69 Å². The van der Waals surface area contributed by atoms with Gasteiger partial charge in [0.15, 0.2) is 0 Å². The number of aliphatic carboxylic acids is 1. The summed E-state index contributed by atoms with van der Waals surface area (Å²) in [5.41, 5.74) is 14.8. The van der Waals surface area contributed by atoms with E-state index < -0.39 is 12.0 Å². The van der Waals surface area contributed by atoms with Gasteiger partial charge in [0.25, 0.3) is 0 Å². The molecule has 0 saturated carbocycles. The van der Waals surface area contributed by atoms with Gasteiger partial charge in [0.05, 0.1) is 6.54 Å². The van der Waals surface area contributed by atoms with Crippen LogP contribution in [0.5, 0.6) is 0 Å². The molecule has 3 N–H and O–H groups in total. The molecule has 7 heteroatoms. The Labute approximate surface area is 91.5 Å². The largest absolute Gasteiger partial charge is 0.480 e. The van der Waals surface area contributed by atoms with Crippen LogP contribution in [0.2, 0.25) is 0 Å². The van der Waals surface area contributed by atoms with E-state index in [-0.39, 0.29) is 13.0 Å². The normalized spacial score (nSPS) is 11.6. The lowest BCUT2D eigenvalue weighted by Crippen LogP contribution is -2.32. The molecule has 0 bridgehead atoms. The third-order valence-corrected chi connectivity index (χ3v) is 1.95. The number of hydrogen-bond acceptors (Lipinski definition) is 4. The molecule has 1 aromatic rings. The Morgan fingerprint density at radius 1 is 1.69 bits per heavy atom. The number of nitrogens with two attached hydrogens (primary N) is 1. The summed E-state index contributed by atoms with van der Waals surface area (Å²) < 4.78 is 0. The Kier molecular flexibility index (Phi) is 4.26. The van der Waals surface area contributed by atoms with Gasteiger partial charge in [-0.05, 0) is 17.2 Å². The summed E-state index contributed by atoms with van der Waals surface area (Å²) in [5.74, 6) is -1.06. The van der Waals surface area contributed by atoms with Crippen molar-refractivity contribution in [1.82, 2.24) is 4.98 Å². The maximum atomic E-state index is 10.5. The fourth-order valence-electron chi connectivity index (χ4n) is 1.10. The number of azide groups is 1. The number of carbonyl (C=O) groups is 1. The van der Waals surface area contributed by atoms with Gasteiger partial charge in [-0.2, -0.15) is 0 Å². The third-order valence-electron chi connectivity index (χ3n) is 1.95. The summed E-state index contributed by atoms with van der Waals surface area (Å²) in [6.07, 6.45) is 1.72. The predicted octanol–water partition coefficient (Wildman–Crippen LogP) is 0.846. The van der Waals surface area contributed by atoms with Crippen LogP contribution in [0.4, 0.5) is 0 Å². The van der Waals surface area contributed by atoms with Gasteiger partial charge in [0, 0.05) is 23.2 Å². The summed E-state index contributed by atoms with van der Waals surface area (Å²) in [6.45, 7) is 0.231. The molecular weight excluding hydrogens is 210 g/mol. The highest BCUT2D eigenvalue weighted by Gasteiger charge is 2.12. The molecule has 1 heterocycles. The minimum Gasteiger partial charge on any atom is -0.480 e. The lowest BCUT2D eigenvalue weighted by Gasteiger charge is -2.05. The minimum absolute atomic E-state index is 0.178. The number of hydrogen-bond donors (Lipinski definition) is 2. The number of nitrogens with zero attached hydrogens (tertiary/aromatic N) is 4. The molecule has 0 fully saturated rings. The molecule has 0 aliphatic carbocycles. The SMILES string of the molecule is [N-]=[N+]=NCc1ccc(CC(N)C(=O)O)nc1. The standard InChI is InChI=1S/C9H11N5O2/c10-8(9(15)16)3-7-2-1-6(4-12-7)5-13-14-11/h1-2,4,8H,3,5,10H2,(H,15,16). The van der Waals surface area contributed by atoms with E-state index in [9.17, 15) is 4.79 Å². The Morgan fingerprint density at radius 3 is 2.94 bits per heavy atom. The highest BCUT2D eigenvalue weighted by molar-refractivity contribution is 5.73. The summed E-state index contributed by atoms with van der Waals surface area (Å²) in [5, 5.41) is 12.0. The zero-order valence-corrected chi connectivity index (χ0v) is 8.45. The van der Waals surface area contributed by atoms with Crippen molar-refractivity contribution in [3.63, 3.8) is 0 Å². The first-order valence-corrected chi connectivity index (χ1v) is 4.56. The second-order valence-corrected chi connectivity index (χ2v) is 3.20. The highest BCUT2D eigenvalue weighted by Crippen LogP contribution is 2.04. The number of rotatable bonds is 5. The van der Waals surface area contributed by atoms with Crippen LogP contribution in [0.25, 0.3) is 10.4 Å². The zero-order valence-electron chi connectivity index (χ0n) is 8.45. The second-order valence-electron chi connectivity index (χ2n) is 3.20. The van der Waals surface area contributed by atoms with Crippen LogP contribution in [0.1, 0.15) is 11.3 Å². The van der Waals surface area contributed by atoms with Crippen LogP contribution in [0, 0.1) is 0 Å². The van der Waals surface area contributed by atoms with Crippen molar-refractivity contribution in [1.29, 1.82) is 0 Å². The van der Waals surface area contributed by atoms with E-state index in [2.05, 4.69) is 15.0 Å². The summed E-state index contributed by atoms with van der Waals surface area (Å²) in [4.78, 5) is 17.2. The lowest BCUT2D eigenvalue weighted by molar-refractivity contribution is -0.138. The molecule has 0 radical (unpaired) electrons. The van der Waals surface area contributed by atoms with Gasteiger partial charge in [-0.3, -0.25) is 9.78 Å². The number of carboxylic acids is 1. The molecular formula is C9H11N5O2. The Morgan fingerprint density at radius 2 is 2.44 bits per heavy atom. The molecule has 1 atom stereocenters. The maximum Gasteiger partial charge on any atom is 0.320 e. The third kappa shape index (κ3) is 3.56. The molecule has 16 heavy (non-hydrogen) atoms. The minimum atomic E-state index is -1.06.